The van der Waals surface area contributed by atoms with Crippen LogP contribution in [0.1, 0.15) is 6.92 Å². The summed E-state index contributed by atoms with van der Waals surface area (Å²) >= 11 is 12.9. The van der Waals surface area contributed by atoms with Crippen molar-refractivity contribution in [3.63, 3.8) is 0 Å². The third-order valence-electron chi connectivity index (χ3n) is 0.609. The third kappa shape index (κ3) is 7.36. The topological polar surface area (TPSA) is 0 Å². The van der Waals surface area contributed by atoms with Gasteiger partial charge in [0, 0.05) is 6.16 Å². The Morgan fingerprint density at radius 2 is 2.12 bits per heavy atom. The molecule has 0 saturated heterocycles. The van der Waals surface area contributed by atoms with Gasteiger partial charge >= 0.3 is 0 Å². The van der Waals surface area contributed by atoms with E-state index in [4.69, 9.17) is 22.5 Å². The van der Waals surface area contributed by atoms with Crippen LogP contribution in [0.5, 0.6) is 0 Å². The standard InChI is InChI=1S/C4H9Cl2PS/c1-2-8-4-3-7(5)6/h2-4H2,1H3. The van der Waals surface area contributed by atoms with Gasteiger partial charge in [-0.3, -0.25) is 0 Å². The molecule has 0 fully saturated rings. The highest BCUT2D eigenvalue weighted by Crippen LogP contribution is 2.46. The van der Waals surface area contributed by atoms with Crippen LogP contribution in [0, 0.1) is 0 Å². The molecule has 0 N–H and O–H groups in total. The largest absolute Gasteiger partial charge is 0.162 e. The van der Waals surface area contributed by atoms with Gasteiger partial charge in [-0.25, -0.2) is 0 Å². The molecule has 0 radical (unpaired) electrons. The van der Waals surface area contributed by atoms with Crippen molar-refractivity contribution < 1.29 is 0 Å². The summed E-state index contributed by atoms with van der Waals surface area (Å²) in [7, 11) is 0. The monoisotopic (exact) mass is 190 g/mol. The molecule has 0 saturated carbocycles. The number of hydrogen-bond acceptors (Lipinski definition) is 1. The first-order valence-electron chi connectivity index (χ1n) is 2.44. The molecule has 0 atom stereocenters. The molecular formula is C4H9Cl2PS. The Labute approximate surface area is 65.6 Å². The lowest BCUT2D eigenvalue weighted by Crippen LogP contribution is -1.80. The lowest BCUT2D eigenvalue weighted by molar-refractivity contribution is 1.47. The van der Waals surface area contributed by atoms with Gasteiger partial charge in [0.1, 0.15) is 0 Å². The SMILES string of the molecule is CCSCCP(Cl)Cl. The molecule has 0 aromatic heterocycles. The van der Waals surface area contributed by atoms with Crippen LogP contribution in [0.3, 0.4) is 0 Å². The lowest BCUT2D eigenvalue weighted by atomic mass is 10.9. The molecular weight excluding hydrogens is 182 g/mol. The minimum absolute atomic E-state index is 0.688. The van der Waals surface area contributed by atoms with Gasteiger partial charge in [0.2, 0.25) is 0 Å². The molecule has 0 rings (SSSR count). The highest BCUT2D eigenvalue weighted by atomic mass is 35.9. The quantitative estimate of drug-likeness (QED) is 0.483. The Morgan fingerprint density at radius 1 is 1.50 bits per heavy atom. The van der Waals surface area contributed by atoms with Crippen LogP contribution in [-0.2, 0) is 0 Å². The summed E-state index contributed by atoms with van der Waals surface area (Å²) in [5, 5.41) is 0. The van der Waals surface area contributed by atoms with Crippen molar-refractivity contribution in [3.8, 4) is 0 Å². The van der Waals surface area contributed by atoms with E-state index in [0.29, 0.717) is 0 Å². The van der Waals surface area contributed by atoms with E-state index in [1.54, 1.807) is 0 Å². The van der Waals surface area contributed by atoms with Gasteiger partial charge in [0.15, 0.2) is 0 Å². The fraction of sp³-hybridized carbons (Fsp3) is 1.00. The van der Waals surface area contributed by atoms with Crippen LogP contribution in [0.15, 0.2) is 0 Å². The van der Waals surface area contributed by atoms with Crippen LogP contribution in [0.25, 0.3) is 0 Å². The molecule has 0 aromatic rings. The predicted octanol–water partition coefficient (Wildman–Crippen LogP) is 3.53. The van der Waals surface area contributed by atoms with Crippen LogP contribution >= 0.6 is 40.9 Å². The molecule has 0 bridgehead atoms. The summed E-state index contributed by atoms with van der Waals surface area (Å²) in [5.41, 5.74) is 0. The summed E-state index contributed by atoms with van der Waals surface area (Å²) in [5.74, 6) is 2.27. The van der Waals surface area contributed by atoms with E-state index in [9.17, 15) is 0 Å². The lowest BCUT2D eigenvalue weighted by Gasteiger charge is -1.96. The smallest absolute Gasteiger partial charge is 0.0862 e. The normalized spacial score (nSPS) is 10.5. The molecule has 0 nitrogen and oxygen atoms in total. The first-order chi connectivity index (χ1) is 3.77. The van der Waals surface area contributed by atoms with E-state index in [1.807, 2.05) is 11.8 Å². The van der Waals surface area contributed by atoms with Gasteiger partial charge in [-0.05, 0) is 11.5 Å². The van der Waals surface area contributed by atoms with E-state index >= 15 is 0 Å². The summed E-state index contributed by atoms with van der Waals surface area (Å²) in [6.07, 6.45) is 0.969. The van der Waals surface area contributed by atoms with Crippen molar-refractivity contribution in [2.24, 2.45) is 0 Å². The minimum Gasteiger partial charge on any atom is -0.162 e. The second-order valence-corrected chi connectivity index (χ2v) is 6.64. The maximum atomic E-state index is 5.53. The Balaban J connectivity index is 2.72. The van der Waals surface area contributed by atoms with Crippen LogP contribution < -0.4 is 0 Å². The van der Waals surface area contributed by atoms with Gasteiger partial charge in [-0.15, -0.1) is 0 Å². The van der Waals surface area contributed by atoms with Crippen molar-refractivity contribution in [2.45, 2.75) is 6.92 Å². The van der Waals surface area contributed by atoms with Gasteiger partial charge < -0.3 is 0 Å². The van der Waals surface area contributed by atoms with E-state index in [2.05, 4.69) is 6.92 Å². The highest BCUT2D eigenvalue weighted by Gasteiger charge is 1.95. The second kappa shape index (κ2) is 6.48. The summed E-state index contributed by atoms with van der Waals surface area (Å²) in [6, 6.07) is 0. The first kappa shape index (κ1) is 9.36. The van der Waals surface area contributed by atoms with Crippen molar-refractivity contribution in [3.05, 3.63) is 0 Å². The summed E-state index contributed by atoms with van der Waals surface area (Å²) in [6.45, 7) is 1.45. The average molecular weight is 191 g/mol. The summed E-state index contributed by atoms with van der Waals surface area (Å²) in [4.78, 5) is 0. The molecule has 4 heteroatoms. The highest BCUT2D eigenvalue weighted by molar-refractivity contribution is 8.05. The zero-order valence-electron chi connectivity index (χ0n) is 4.73. The number of thioether (sulfide) groups is 1. The molecule has 8 heavy (non-hydrogen) atoms. The van der Waals surface area contributed by atoms with Gasteiger partial charge in [0.25, 0.3) is 0 Å². The molecule has 0 heterocycles. The molecule has 0 aliphatic carbocycles. The van der Waals surface area contributed by atoms with Crippen molar-refractivity contribution in [1.29, 1.82) is 0 Å². The first-order valence-corrected chi connectivity index (χ1v) is 6.93. The van der Waals surface area contributed by atoms with E-state index in [-0.39, 0.29) is 0 Å². The van der Waals surface area contributed by atoms with Crippen molar-refractivity contribution in [1.82, 2.24) is 0 Å². The van der Waals surface area contributed by atoms with Crippen molar-refractivity contribution in [2.75, 3.05) is 17.7 Å². The van der Waals surface area contributed by atoms with Crippen molar-refractivity contribution >= 4 is 40.9 Å². The fourth-order valence-electron chi connectivity index (χ4n) is 0.278. The Kier molecular flexibility index (Phi) is 7.58. The summed E-state index contributed by atoms with van der Waals surface area (Å²) < 4.78 is 0. The molecule has 50 valence electrons. The molecule has 0 unspecified atom stereocenters. The second-order valence-electron chi connectivity index (χ2n) is 1.22. The van der Waals surface area contributed by atoms with Gasteiger partial charge in [0.05, 0.1) is 6.63 Å². The Hall–Kier alpha value is 1.36. The van der Waals surface area contributed by atoms with Gasteiger partial charge in [-0.2, -0.15) is 11.8 Å². The van der Waals surface area contributed by atoms with Crippen LogP contribution in [0.2, 0.25) is 0 Å². The average Bonchev–Trinajstić information content (AvgIpc) is 1.66. The van der Waals surface area contributed by atoms with E-state index in [0.717, 1.165) is 17.7 Å². The molecule has 0 aliphatic rings. The third-order valence-corrected chi connectivity index (χ3v) is 3.39. The predicted molar refractivity (Wildman–Crippen MR) is 46.5 cm³/mol. The van der Waals surface area contributed by atoms with E-state index < -0.39 is 6.63 Å². The number of hydrogen-bond donors (Lipinski definition) is 0. The molecule has 0 aromatic carbocycles. The van der Waals surface area contributed by atoms with Crippen LogP contribution in [0.4, 0.5) is 0 Å². The molecule has 0 amide bonds. The number of halogens is 2. The minimum atomic E-state index is -0.688. The van der Waals surface area contributed by atoms with E-state index in [1.165, 1.54) is 0 Å². The number of rotatable bonds is 4. The Bertz CT molecular complexity index is 51.3. The van der Waals surface area contributed by atoms with Crippen LogP contribution in [-0.4, -0.2) is 17.7 Å². The Morgan fingerprint density at radius 3 is 2.50 bits per heavy atom. The maximum absolute atomic E-state index is 5.53. The maximum Gasteiger partial charge on any atom is 0.0862 e. The fourth-order valence-corrected chi connectivity index (χ4v) is 2.88. The zero-order valence-corrected chi connectivity index (χ0v) is 7.96. The van der Waals surface area contributed by atoms with Gasteiger partial charge in [-0.1, -0.05) is 29.4 Å². The molecule has 0 spiro atoms. The zero-order chi connectivity index (χ0) is 6.41. The molecule has 0 aliphatic heterocycles.